The van der Waals surface area contributed by atoms with Gasteiger partial charge in [0.15, 0.2) is 11.8 Å². The summed E-state index contributed by atoms with van der Waals surface area (Å²) in [5.41, 5.74) is 4.00. The normalized spacial score (nSPS) is 16.3. The number of rotatable bonds is 6. The third kappa shape index (κ3) is 5.59. The summed E-state index contributed by atoms with van der Waals surface area (Å²) in [7, 11) is 0. The van der Waals surface area contributed by atoms with Gasteiger partial charge < -0.3 is 14.7 Å². The van der Waals surface area contributed by atoms with Crippen molar-refractivity contribution in [1.29, 1.82) is 0 Å². The molecule has 7 nitrogen and oxygen atoms in total. The van der Waals surface area contributed by atoms with Crippen LogP contribution in [-0.2, 0) is 9.53 Å². The molecule has 1 saturated heterocycles. The van der Waals surface area contributed by atoms with Crippen molar-refractivity contribution in [2.75, 3.05) is 18.0 Å². The fraction of sp³-hybridized carbons (Fsp3) is 0.406. The summed E-state index contributed by atoms with van der Waals surface area (Å²) in [6.07, 6.45) is 0.719. The van der Waals surface area contributed by atoms with E-state index in [0.29, 0.717) is 34.0 Å². The number of fused-ring (bicyclic) bond motifs is 1. The van der Waals surface area contributed by atoms with Crippen molar-refractivity contribution in [3.05, 3.63) is 71.7 Å². The Morgan fingerprint density at radius 3 is 2.38 bits per heavy atom. The highest BCUT2D eigenvalue weighted by molar-refractivity contribution is 5.79. The molecule has 1 aliphatic rings. The zero-order valence-electron chi connectivity index (χ0n) is 24.0. The van der Waals surface area contributed by atoms with Gasteiger partial charge in [0.2, 0.25) is 0 Å². The van der Waals surface area contributed by atoms with Gasteiger partial charge in [0, 0.05) is 36.0 Å². The maximum Gasteiger partial charge on any atom is 0.337 e. The van der Waals surface area contributed by atoms with Crippen LogP contribution in [0.25, 0.3) is 28.0 Å². The van der Waals surface area contributed by atoms with Crippen LogP contribution < -0.4 is 4.90 Å². The maximum absolute atomic E-state index is 14.5. The number of hydrogen-bond acceptors (Lipinski definition) is 5. The van der Waals surface area contributed by atoms with Gasteiger partial charge in [0.1, 0.15) is 11.6 Å². The first-order valence-electron chi connectivity index (χ1n) is 13.7. The standard InChI is InChI=1S/C32H37FN4O3/c1-20-27(28(30(38)39)40-31(2,3)4)29(36-16-14-32(5,6)15-17-36)37-26(34-20)19-25(35-37)22-11-9-10-21(18-22)23-12-7-8-13-24(23)33/h7-13,18-19,28H,14-17H2,1-6H3,(H,38,39)/t28-/m0/s1. The predicted octanol–water partition coefficient (Wildman–Crippen LogP) is 7.08. The Kier molecular flexibility index (Phi) is 7.17. The van der Waals surface area contributed by atoms with Gasteiger partial charge in [0.25, 0.3) is 0 Å². The van der Waals surface area contributed by atoms with Crippen LogP contribution >= 0.6 is 0 Å². The molecule has 1 atom stereocenters. The summed E-state index contributed by atoms with van der Waals surface area (Å²) >= 11 is 0. The molecule has 8 heteroatoms. The number of benzene rings is 2. The van der Waals surface area contributed by atoms with Gasteiger partial charge in [-0.05, 0) is 63.6 Å². The lowest BCUT2D eigenvalue weighted by atomic mass is 9.82. The van der Waals surface area contributed by atoms with E-state index in [4.69, 9.17) is 14.8 Å². The number of hydrogen-bond donors (Lipinski definition) is 1. The first kappa shape index (κ1) is 27.8. The molecule has 0 amide bonds. The number of piperidine rings is 1. The van der Waals surface area contributed by atoms with E-state index in [-0.39, 0.29) is 11.2 Å². The van der Waals surface area contributed by atoms with Gasteiger partial charge in [0.05, 0.1) is 16.9 Å². The minimum atomic E-state index is -1.21. The molecule has 0 radical (unpaired) electrons. The Bertz CT molecular complexity index is 1560. The van der Waals surface area contributed by atoms with Crippen molar-refractivity contribution >= 4 is 17.4 Å². The average molecular weight is 545 g/mol. The second-order valence-corrected chi connectivity index (χ2v) is 12.4. The van der Waals surface area contributed by atoms with Crippen molar-refractivity contribution < 1.29 is 19.0 Å². The third-order valence-electron chi connectivity index (χ3n) is 7.52. The maximum atomic E-state index is 14.5. The molecule has 210 valence electrons. The van der Waals surface area contributed by atoms with Crippen LogP contribution in [0.2, 0.25) is 0 Å². The van der Waals surface area contributed by atoms with E-state index in [2.05, 4.69) is 18.7 Å². The fourth-order valence-corrected chi connectivity index (χ4v) is 5.32. The van der Waals surface area contributed by atoms with E-state index >= 15 is 0 Å². The number of carboxylic acids is 1. The predicted molar refractivity (Wildman–Crippen MR) is 155 cm³/mol. The molecule has 5 rings (SSSR count). The van der Waals surface area contributed by atoms with Crippen LogP contribution in [0.1, 0.15) is 64.8 Å². The number of aromatic nitrogens is 3. The lowest BCUT2D eigenvalue weighted by Crippen LogP contribution is -2.40. The number of aryl methyl sites for hydroxylation is 1. The van der Waals surface area contributed by atoms with Crippen LogP contribution in [0.15, 0.2) is 54.6 Å². The number of halogens is 1. The molecule has 3 heterocycles. The molecule has 1 N–H and O–H groups in total. The smallest absolute Gasteiger partial charge is 0.337 e. The highest BCUT2D eigenvalue weighted by Gasteiger charge is 2.36. The van der Waals surface area contributed by atoms with Crippen LogP contribution in [0, 0.1) is 18.2 Å². The highest BCUT2D eigenvalue weighted by atomic mass is 19.1. The number of carbonyl (C=O) groups is 1. The molecule has 1 aliphatic heterocycles. The highest BCUT2D eigenvalue weighted by Crippen LogP contribution is 2.39. The van der Waals surface area contributed by atoms with Crippen molar-refractivity contribution in [3.8, 4) is 22.4 Å². The molecular formula is C32H37FN4O3. The van der Waals surface area contributed by atoms with Crippen LogP contribution in [0.4, 0.5) is 10.2 Å². The number of aliphatic carboxylic acids is 1. The van der Waals surface area contributed by atoms with E-state index in [1.54, 1.807) is 16.6 Å². The number of ether oxygens (including phenoxy) is 1. The first-order chi connectivity index (χ1) is 18.8. The molecule has 0 unspecified atom stereocenters. The molecule has 2 aromatic heterocycles. The SMILES string of the molecule is Cc1nc2cc(-c3cccc(-c4ccccc4F)c3)nn2c(N2CCC(C)(C)CC2)c1[C@H](OC(C)(C)C)C(=O)O. The molecule has 2 aromatic carbocycles. The molecule has 40 heavy (non-hydrogen) atoms. The monoisotopic (exact) mass is 544 g/mol. The van der Waals surface area contributed by atoms with Crippen LogP contribution in [0.3, 0.4) is 0 Å². The first-order valence-corrected chi connectivity index (χ1v) is 13.7. The minimum Gasteiger partial charge on any atom is -0.479 e. The van der Waals surface area contributed by atoms with Gasteiger partial charge in [-0.15, -0.1) is 0 Å². The molecular weight excluding hydrogens is 507 g/mol. The van der Waals surface area contributed by atoms with Crippen molar-refractivity contribution in [1.82, 2.24) is 14.6 Å². The number of anilines is 1. The number of carboxylic acid groups (broad SMARTS) is 1. The van der Waals surface area contributed by atoms with E-state index in [9.17, 15) is 14.3 Å². The van der Waals surface area contributed by atoms with Crippen molar-refractivity contribution in [2.45, 2.75) is 66.1 Å². The Hall–Kier alpha value is -3.78. The quantitative estimate of drug-likeness (QED) is 0.279. The summed E-state index contributed by atoms with van der Waals surface area (Å²) in [6.45, 7) is 13.4. The van der Waals surface area contributed by atoms with Crippen LogP contribution in [0.5, 0.6) is 0 Å². The summed E-state index contributed by atoms with van der Waals surface area (Å²) < 4.78 is 22.4. The number of nitrogens with zero attached hydrogens (tertiary/aromatic N) is 4. The van der Waals surface area contributed by atoms with Crippen molar-refractivity contribution in [2.24, 2.45) is 5.41 Å². The van der Waals surface area contributed by atoms with Gasteiger partial charge in [-0.2, -0.15) is 9.61 Å². The molecule has 0 saturated carbocycles. The third-order valence-corrected chi connectivity index (χ3v) is 7.52. The molecule has 0 spiro atoms. The van der Waals surface area contributed by atoms with Crippen LogP contribution in [-0.4, -0.2) is 44.4 Å². The zero-order chi connectivity index (χ0) is 28.8. The second kappa shape index (κ2) is 10.3. The van der Waals surface area contributed by atoms with Gasteiger partial charge in [-0.3, -0.25) is 0 Å². The van der Waals surface area contributed by atoms with E-state index in [0.717, 1.165) is 37.1 Å². The van der Waals surface area contributed by atoms with Crippen molar-refractivity contribution in [3.63, 3.8) is 0 Å². The van der Waals surface area contributed by atoms with E-state index in [1.807, 2.05) is 64.1 Å². The topological polar surface area (TPSA) is 80.0 Å². The molecule has 4 aromatic rings. The zero-order valence-corrected chi connectivity index (χ0v) is 24.0. The fourth-order valence-electron chi connectivity index (χ4n) is 5.32. The lowest BCUT2D eigenvalue weighted by Gasteiger charge is -2.39. The molecule has 0 bridgehead atoms. The Balaban J connectivity index is 1.69. The van der Waals surface area contributed by atoms with Gasteiger partial charge in [-0.25, -0.2) is 14.2 Å². The molecule has 1 fully saturated rings. The summed E-state index contributed by atoms with van der Waals surface area (Å²) in [4.78, 5) is 19.6. The Morgan fingerprint density at radius 1 is 1.05 bits per heavy atom. The van der Waals surface area contributed by atoms with E-state index in [1.165, 1.54) is 6.07 Å². The second-order valence-electron chi connectivity index (χ2n) is 12.4. The summed E-state index contributed by atoms with van der Waals surface area (Å²) in [5.74, 6) is -0.653. The summed E-state index contributed by atoms with van der Waals surface area (Å²) in [6, 6.07) is 16.2. The Morgan fingerprint density at radius 2 is 1.73 bits per heavy atom. The summed E-state index contributed by atoms with van der Waals surface area (Å²) in [5, 5.41) is 15.3. The van der Waals surface area contributed by atoms with Gasteiger partial charge >= 0.3 is 5.97 Å². The lowest BCUT2D eigenvalue weighted by molar-refractivity contribution is -0.160. The van der Waals surface area contributed by atoms with E-state index < -0.39 is 17.7 Å². The average Bonchev–Trinajstić information content (AvgIpc) is 3.30. The molecule has 0 aliphatic carbocycles. The largest absolute Gasteiger partial charge is 0.479 e. The minimum absolute atomic E-state index is 0.203. The van der Waals surface area contributed by atoms with Gasteiger partial charge in [-0.1, -0.05) is 50.2 Å². The Labute approximate surface area is 234 Å².